The lowest BCUT2D eigenvalue weighted by molar-refractivity contribution is -0.139. The zero-order chi connectivity index (χ0) is 27.3. The van der Waals surface area contributed by atoms with Gasteiger partial charge in [0.2, 0.25) is 0 Å². The van der Waals surface area contributed by atoms with Crippen molar-refractivity contribution in [2.45, 2.75) is 20.4 Å². The average Bonchev–Trinajstić information content (AvgIpc) is 2.92. The van der Waals surface area contributed by atoms with Crippen molar-refractivity contribution >= 4 is 29.6 Å². The second-order valence-corrected chi connectivity index (χ2v) is 8.07. The third-order valence-corrected chi connectivity index (χ3v) is 5.16. The monoisotopic (exact) mass is 518 g/mol. The van der Waals surface area contributed by atoms with Gasteiger partial charge < -0.3 is 24.8 Å². The van der Waals surface area contributed by atoms with Crippen molar-refractivity contribution in [3.63, 3.8) is 0 Å². The molecule has 3 rings (SSSR count). The number of hydrogen-bond donors (Lipinski definition) is 3. The number of benzene rings is 3. The summed E-state index contributed by atoms with van der Waals surface area (Å²) in [6.45, 7) is 4.42. The molecule has 10 nitrogen and oxygen atoms in total. The Morgan fingerprint density at radius 3 is 2.32 bits per heavy atom. The molecular weight excluding hydrogens is 488 g/mol. The number of carbonyl (C=O) groups is 3. The lowest BCUT2D eigenvalue weighted by atomic mass is 10.1. The molecule has 0 unspecified atom stereocenters. The quantitative estimate of drug-likeness (QED) is 0.203. The van der Waals surface area contributed by atoms with Crippen LogP contribution in [-0.2, 0) is 20.9 Å². The molecule has 38 heavy (non-hydrogen) atoms. The maximum atomic E-state index is 12.3. The van der Waals surface area contributed by atoms with Gasteiger partial charge in [0, 0.05) is 12.2 Å². The molecule has 0 fully saturated rings. The van der Waals surface area contributed by atoms with Gasteiger partial charge in [-0.25, -0.2) is 5.43 Å². The molecule has 0 saturated carbocycles. The van der Waals surface area contributed by atoms with Gasteiger partial charge in [-0.05, 0) is 67.4 Å². The number of methoxy groups -OCH3 is 1. The first kappa shape index (κ1) is 27.7. The third kappa shape index (κ3) is 8.66. The van der Waals surface area contributed by atoms with Crippen molar-refractivity contribution in [2.75, 3.05) is 25.6 Å². The molecule has 198 valence electrons. The van der Waals surface area contributed by atoms with Gasteiger partial charge in [0.05, 0.1) is 19.9 Å². The van der Waals surface area contributed by atoms with Gasteiger partial charge in [0.1, 0.15) is 5.75 Å². The lowest BCUT2D eigenvalue weighted by Gasteiger charge is -2.12. The van der Waals surface area contributed by atoms with Gasteiger partial charge in [-0.1, -0.05) is 29.8 Å². The predicted octanol–water partition coefficient (Wildman–Crippen LogP) is 3.19. The summed E-state index contributed by atoms with van der Waals surface area (Å²) >= 11 is 0. The van der Waals surface area contributed by atoms with E-state index < -0.39 is 11.8 Å². The van der Waals surface area contributed by atoms with Crippen molar-refractivity contribution in [3.8, 4) is 17.2 Å². The fourth-order valence-electron chi connectivity index (χ4n) is 3.21. The van der Waals surface area contributed by atoms with Crippen LogP contribution in [0, 0.1) is 6.92 Å². The summed E-state index contributed by atoms with van der Waals surface area (Å²) in [5.74, 6) is -0.594. The molecule has 0 aromatic heterocycles. The number of ether oxygens (including phenoxy) is 3. The number of hydrazone groups is 1. The van der Waals surface area contributed by atoms with Crippen molar-refractivity contribution in [2.24, 2.45) is 5.10 Å². The van der Waals surface area contributed by atoms with E-state index in [9.17, 15) is 14.4 Å². The van der Waals surface area contributed by atoms with Gasteiger partial charge >= 0.3 is 11.8 Å². The van der Waals surface area contributed by atoms with Crippen molar-refractivity contribution in [3.05, 3.63) is 83.4 Å². The minimum absolute atomic E-state index is 0.229. The van der Waals surface area contributed by atoms with E-state index in [1.165, 1.54) is 13.3 Å². The van der Waals surface area contributed by atoms with Gasteiger partial charge in [-0.2, -0.15) is 5.10 Å². The Morgan fingerprint density at radius 2 is 1.63 bits per heavy atom. The van der Waals surface area contributed by atoms with Crippen LogP contribution in [0.1, 0.15) is 23.6 Å². The van der Waals surface area contributed by atoms with E-state index >= 15 is 0 Å². The highest BCUT2D eigenvalue weighted by Crippen LogP contribution is 2.27. The lowest BCUT2D eigenvalue weighted by Crippen LogP contribution is -2.37. The first-order valence-electron chi connectivity index (χ1n) is 11.9. The molecule has 3 aromatic rings. The molecule has 0 aliphatic rings. The summed E-state index contributed by atoms with van der Waals surface area (Å²) < 4.78 is 16.3. The molecule has 0 spiro atoms. The van der Waals surface area contributed by atoms with Crippen LogP contribution in [0.3, 0.4) is 0 Å². The number of carbonyl (C=O) groups excluding carboxylic acids is 3. The van der Waals surface area contributed by atoms with E-state index in [-0.39, 0.29) is 19.1 Å². The maximum Gasteiger partial charge on any atom is 0.329 e. The standard InChI is InChI=1S/C28H30N4O6/c1-4-37-23-12-10-22(11-13-23)31-26(33)18-38-24-14-9-21(15-25(24)36-3)17-30-32-28(35)27(34)29-16-20-7-5-19(2)6-8-20/h5-15,17H,4,16,18H2,1-3H3,(H,29,34)(H,31,33)(H,32,35)/b30-17-. The highest BCUT2D eigenvalue weighted by Gasteiger charge is 2.12. The summed E-state index contributed by atoms with van der Waals surface area (Å²) in [7, 11) is 1.46. The van der Waals surface area contributed by atoms with Crippen molar-refractivity contribution in [1.82, 2.24) is 10.7 Å². The number of aryl methyl sites for hydroxylation is 1. The normalized spacial score (nSPS) is 10.5. The third-order valence-electron chi connectivity index (χ3n) is 5.16. The van der Waals surface area contributed by atoms with Crippen LogP contribution in [0.15, 0.2) is 71.8 Å². The molecule has 0 aliphatic carbocycles. The van der Waals surface area contributed by atoms with Crippen molar-refractivity contribution in [1.29, 1.82) is 0 Å². The van der Waals surface area contributed by atoms with E-state index in [1.807, 2.05) is 38.1 Å². The Bertz CT molecular complexity index is 1270. The van der Waals surface area contributed by atoms with Crippen LogP contribution in [0.25, 0.3) is 0 Å². The second-order valence-electron chi connectivity index (χ2n) is 8.07. The molecule has 0 radical (unpaired) electrons. The topological polar surface area (TPSA) is 127 Å². The number of nitrogens with one attached hydrogen (secondary N) is 3. The molecule has 0 saturated heterocycles. The zero-order valence-electron chi connectivity index (χ0n) is 21.4. The first-order chi connectivity index (χ1) is 18.4. The summed E-state index contributed by atoms with van der Waals surface area (Å²) in [5.41, 5.74) is 5.37. The number of amides is 3. The molecule has 0 heterocycles. The Hall–Kier alpha value is -4.86. The zero-order valence-corrected chi connectivity index (χ0v) is 21.4. The van der Waals surface area contributed by atoms with Gasteiger partial charge in [0.25, 0.3) is 5.91 Å². The Balaban J connectivity index is 1.47. The van der Waals surface area contributed by atoms with Crippen LogP contribution in [0.4, 0.5) is 5.69 Å². The highest BCUT2D eigenvalue weighted by atomic mass is 16.5. The van der Waals surface area contributed by atoms with Crippen LogP contribution in [-0.4, -0.2) is 44.3 Å². The molecule has 3 amide bonds. The molecule has 0 bridgehead atoms. The number of rotatable bonds is 11. The van der Waals surface area contributed by atoms with Crippen LogP contribution >= 0.6 is 0 Å². The number of anilines is 1. The largest absolute Gasteiger partial charge is 0.494 e. The summed E-state index contributed by atoms with van der Waals surface area (Å²) in [6, 6.07) is 19.5. The Labute approximate surface area is 221 Å². The van der Waals surface area contributed by atoms with E-state index in [2.05, 4.69) is 21.2 Å². The fourth-order valence-corrected chi connectivity index (χ4v) is 3.21. The molecule has 0 atom stereocenters. The van der Waals surface area contributed by atoms with E-state index in [0.717, 1.165) is 16.9 Å². The predicted molar refractivity (Wildman–Crippen MR) is 143 cm³/mol. The molecule has 0 aliphatic heterocycles. The fraction of sp³-hybridized carbons (Fsp3) is 0.214. The van der Waals surface area contributed by atoms with E-state index in [0.29, 0.717) is 29.4 Å². The van der Waals surface area contributed by atoms with Crippen LogP contribution in [0.2, 0.25) is 0 Å². The second kappa shape index (κ2) is 14.0. The minimum atomic E-state index is -0.890. The minimum Gasteiger partial charge on any atom is -0.494 e. The summed E-state index contributed by atoms with van der Waals surface area (Å²) in [5, 5.41) is 9.10. The molecule has 10 heteroatoms. The smallest absolute Gasteiger partial charge is 0.329 e. The molecule has 3 N–H and O–H groups in total. The van der Waals surface area contributed by atoms with Gasteiger partial charge in [0.15, 0.2) is 18.1 Å². The SMILES string of the molecule is CCOc1ccc(NC(=O)COc2ccc(/C=N\NC(=O)C(=O)NCc3ccc(C)cc3)cc2OC)cc1. The Kier molecular flexibility index (Phi) is 10.2. The molecular formula is C28H30N4O6. The van der Waals surface area contributed by atoms with E-state index in [1.54, 1.807) is 42.5 Å². The van der Waals surface area contributed by atoms with E-state index in [4.69, 9.17) is 14.2 Å². The van der Waals surface area contributed by atoms with Crippen LogP contribution in [0.5, 0.6) is 17.2 Å². The summed E-state index contributed by atoms with van der Waals surface area (Å²) in [6.07, 6.45) is 1.36. The number of nitrogens with zero attached hydrogens (tertiary/aromatic N) is 1. The molecule has 3 aromatic carbocycles. The number of hydrogen-bond acceptors (Lipinski definition) is 7. The Morgan fingerprint density at radius 1 is 0.895 bits per heavy atom. The summed E-state index contributed by atoms with van der Waals surface area (Å²) in [4.78, 5) is 36.2. The average molecular weight is 519 g/mol. The maximum absolute atomic E-state index is 12.3. The van der Waals surface area contributed by atoms with Crippen LogP contribution < -0.4 is 30.3 Å². The van der Waals surface area contributed by atoms with Gasteiger partial charge in [-0.15, -0.1) is 0 Å². The highest BCUT2D eigenvalue weighted by molar-refractivity contribution is 6.35. The van der Waals surface area contributed by atoms with Gasteiger partial charge in [-0.3, -0.25) is 14.4 Å². The van der Waals surface area contributed by atoms with Crippen molar-refractivity contribution < 1.29 is 28.6 Å². The first-order valence-corrected chi connectivity index (χ1v) is 11.9.